The van der Waals surface area contributed by atoms with E-state index >= 15 is 0 Å². The lowest BCUT2D eigenvalue weighted by atomic mass is 10.1. The van der Waals surface area contributed by atoms with Gasteiger partial charge in [0.05, 0.1) is 6.21 Å². The molecular weight excluding hydrogens is 470 g/mol. The molecule has 3 aromatic rings. The molecule has 4 nitrogen and oxygen atoms in total. The van der Waals surface area contributed by atoms with Crippen molar-refractivity contribution in [2.45, 2.75) is 19.9 Å². The SMILES string of the molecule is Cc1c(Br)cc(/C=N\NC(=O)C(C)Nc2ccc3ccccc3c2)cc1Br. The molecule has 2 N–H and O–H groups in total. The van der Waals surface area contributed by atoms with Gasteiger partial charge in [-0.1, -0.05) is 62.2 Å². The summed E-state index contributed by atoms with van der Waals surface area (Å²) in [7, 11) is 0. The lowest BCUT2D eigenvalue weighted by Gasteiger charge is -2.14. The van der Waals surface area contributed by atoms with Gasteiger partial charge in [-0.25, -0.2) is 5.43 Å². The Kier molecular flexibility index (Phi) is 6.29. The van der Waals surface area contributed by atoms with Gasteiger partial charge < -0.3 is 5.32 Å². The second-order valence-electron chi connectivity index (χ2n) is 6.27. The Morgan fingerprint density at radius 1 is 1.04 bits per heavy atom. The first kappa shape index (κ1) is 19.6. The fraction of sp³-hybridized carbons (Fsp3) is 0.143. The zero-order valence-corrected chi connectivity index (χ0v) is 18.1. The summed E-state index contributed by atoms with van der Waals surface area (Å²) in [6.45, 7) is 3.82. The highest BCUT2D eigenvalue weighted by Crippen LogP contribution is 2.25. The number of fused-ring (bicyclic) bond motifs is 1. The van der Waals surface area contributed by atoms with Gasteiger partial charge in [0.15, 0.2) is 0 Å². The van der Waals surface area contributed by atoms with Crippen LogP contribution < -0.4 is 10.7 Å². The molecule has 0 saturated heterocycles. The van der Waals surface area contributed by atoms with E-state index in [0.29, 0.717) is 0 Å². The Morgan fingerprint density at radius 3 is 2.41 bits per heavy atom. The molecule has 0 aromatic heterocycles. The number of hydrogen-bond acceptors (Lipinski definition) is 3. The summed E-state index contributed by atoms with van der Waals surface area (Å²) in [5, 5.41) is 9.56. The Bertz CT molecular complexity index is 994. The van der Waals surface area contributed by atoms with Gasteiger partial charge in [0, 0.05) is 14.6 Å². The number of hydrazone groups is 1. The Morgan fingerprint density at radius 2 is 1.70 bits per heavy atom. The molecule has 0 spiro atoms. The van der Waals surface area contributed by atoms with Crippen molar-refractivity contribution in [2.24, 2.45) is 5.10 Å². The summed E-state index contributed by atoms with van der Waals surface area (Å²) in [5.41, 5.74) is 5.47. The van der Waals surface area contributed by atoms with Crippen LogP contribution in [-0.4, -0.2) is 18.2 Å². The lowest BCUT2D eigenvalue weighted by molar-refractivity contribution is -0.121. The average molecular weight is 489 g/mol. The van der Waals surface area contributed by atoms with Crippen LogP contribution in [0, 0.1) is 6.92 Å². The molecule has 0 fully saturated rings. The van der Waals surface area contributed by atoms with Gasteiger partial charge in [0.1, 0.15) is 6.04 Å². The monoisotopic (exact) mass is 487 g/mol. The number of nitrogens with one attached hydrogen (secondary N) is 2. The van der Waals surface area contributed by atoms with Gasteiger partial charge in [-0.3, -0.25) is 4.79 Å². The molecule has 0 heterocycles. The normalized spacial score (nSPS) is 12.3. The summed E-state index contributed by atoms with van der Waals surface area (Å²) in [6, 6.07) is 17.6. The number of carbonyl (C=O) groups is 1. The molecule has 0 aliphatic carbocycles. The zero-order valence-electron chi connectivity index (χ0n) is 15.0. The molecule has 0 bridgehead atoms. The zero-order chi connectivity index (χ0) is 19.4. The van der Waals surface area contributed by atoms with Gasteiger partial charge in [-0.2, -0.15) is 5.10 Å². The van der Waals surface area contributed by atoms with Gasteiger partial charge in [-0.05, 0) is 60.0 Å². The number of nitrogens with zero attached hydrogens (tertiary/aromatic N) is 1. The number of rotatable bonds is 5. The van der Waals surface area contributed by atoms with Crippen molar-refractivity contribution in [3.05, 3.63) is 74.7 Å². The molecule has 6 heteroatoms. The minimum absolute atomic E-state index is 0.204. The fourth-order valence-electron chi connectivity index (χ4n) is 2.60. The van der Waals surface area contributed by atoms with Crippen molar-refractivity contribution < 1.29 is 4.79 Å². The van der Waals surface area contributed by atoms with E-state index in [-0.39, 0.29) is 5.91 Å². The average Bonchev–Trinajstić information content (AvgIpc) is 2.65. The third-order valence-corrected chi connectivity index (χ3v) is 5.86. The molecule has 1 unspecified atom stereocenters. The van der Waals surface area contributed by atoms with Crippen LogP contribution in [0.4, 0.5) is 5.69 Å². The van der Waals surface area contributed by atoms with Crippen molar-refractivity contribution in [3.8, 4) is 0 Å². The molecule has 27 heavy (non-hydrogen) atoms. The summed E-state index contributed by atoms with van der Waals surface area (Å²) < 4.78 is 1.96. The number of amides is 1. The van der Waals surface area contributed by atoms with Crippen LogP contribution in [0.5, 0.6) is 0 Å². The van der Waals surface area contributed by atoms with Crippen LogP contribution in [0.1, 0.15) is 18.1 Å². The summed E-state index contributed by atoms with van der Waals surface area (Å²) in [4.78, 5) is 12.3. The van der Waals surface area contributed by atoms with Crippen molar-refractivity contribution in [2.75, 3.05) is 5.32 Å². The molecular formula is C21H19Br2N3O. The summed E-state index contributed by atoms with van der Waals surface area (Å²) in [5.74, 6) is -0.204. The largest absolute Gasteiger partial charge is 0.374 e. The highest BCUT2D eigenvalue weighted by molar-refractivity contribution is 9.11. The molecule has 3 aromatic carbocycles. The first-order chi connectivity index (χ1) is 12.9. The maximum absolute atomic E-state index is 12.3. The molecule has 0 aliphatic rings. The van der Waals surface area contributed by atoms with Crippen molar-refractivity contribution in [1.82, 2.24) is 5.43 Å². The molecule has 3 rings (SSSR count). The minimum Gasteiger partial charge on any atom is -0.374 e. The Labute approximate surface area is 175 Å². The third kappa shape index (κ3) is 4.96. The van der Waals surface area contributed by atoms with Crippen LogP contribution in [0.2, 0.25) is 0 Å². The number of halogens is 2. The number of anilines is 1. The minimum atomic E-state index is -0.417. The first-order valence-electron chi connectivity index (χ1n) is 8.48. The van der Waals surface area contributed by atoms with Gasteiger partial charge in [-0.15, -0.1) is 0 Å². The van der Waals surface area contributed by atoms with Crippen LogP contribution in [0.25, 0.3) is 10.8 Å². The predicted octanol–water partition coefficient (Wildman–Crippen LogP) is 5.62. The van der Waals surface area contributed by atoms with E-state index in [4.69, 9.17) is 0 Å². The predicted molar refractivity (Wildman–Crippen MR) is 119 cm³/mol. The number of carbonyl (C=O) groups excluding carboxylic acids is 1. The fourth-order valence-corrected chi connectivity index (χ4v) is 3.82. The molecule has 0 radical (unpaired) electrons. The second-order valence-corrected chi connectivity index (χ2v) is 7.98. The molecule has 0 saturated carbocycles. The van der Waals surface area contributed by atoms with Crippen molar-refractivity contribution >= 4 is 60.4 Å². The number of hydrogen-bond donors (Lipinski definition) is 2. The maximum atomic E-state index is 12.3. The van der Waals surface area contributed by atoms with E-state index < -0.39 is 6.04 Å². The lowest BCUT2D eigenvalue weighted by Crippen LogP contribution is -2.34. The maximum Gasteiger partial charge on any atom is 0.262 e. The van der Waals surface area contributed by atoms with Gasteiger partial charge in [0.2, 0.25) is 0 Å². The van der Waals surface area contributed by atoms with E-state index in [1.807, 2.05) is 55.5 Å². The second kappa shape index (κ2) is 8.67. The first-order valence-corrected chi connectivity index (χ1v) is 10.1. The smallest absolute Gasteiger partial charge is 0.262 e. The highest BCUT2D eigenvalue weighted by Gasteiger charge is 2.12. The standard InChI is InChI=1S/C21H19Br2N3O/c1-13-19(22)9-15(10-20(13)23)12-24-26-21(27)14(2)25-18-8-7-16-5-3-4-6-17(16)11-18/h3-12,14,25H,1-2H3,(H,26,27)/b24-12-. The van der Waals surface area contributed by atoms with E-state index in [0.717, 1.165) is 31.1 Å². The molecule has 1 amide bonds. The third-order valence-electron chi connectivity index (χ3n) is 4.22. The van der Waals surface area contributed by atoms with Gasteiger partial charge in [0.25, 0.3) is 5.91 Å². The highest BCUT2D eigenvalue weighted by atomic mass is 79.9. The van der Waals surface area contributed by atoms with Crippen LogP contribution >= 0.6 is 31.9 Å². The topological polar surface area (TPSA) is 53.5 Å². The van der Waals surface area contributed by atoms with E-state index in [2.05, 4.69) is 53.8 Å². The van der Waals surface area contributed by atoms with Crippen LogP contribution in [0.15, 0.2) is 68.6 Å². The quantitative estimate of drug-likeness (QED) is 0.361. The Hall–Kier alpha value is -2.18. The van der Waals surface area contributed by atoms with Crippen molar-refractivity contribution in [3.63, 3.8) is 0 Å². The van der Waals surface area contributed by atoms with E-state index in [9.17, 15) is 4.79 Å². The van der Waals surface area contributed by atoms with Crippen LogP contribution in [-0.2, 0) is 4.79 Å². The molecule has 0 aliphatic heterocycles. The van der Waals surface area contributed by atoms with E-state index in [1.54, 1.807) is 13.1 Å². The van der Waals surface area contributed by atoms with E-state index in [1.165, 1.54) is 5.39 Å². The molecule has 1 atom stereocenters. The summed E-state index contributed by atoms with van der Waals surface area (Å²) >= 11 is 7.01. The van der Waals surface area contributed by atoms with Gasteiger partial charge >= 0.3 is 0 Å². The summed E-state index contributed by atoms with van der Waals surface area (Å²) in [6.07, 6.45) is 1.62. The molecule has 138 valence electrons. The number of benzene rings is 3. The Balaban J connectivity index is 1.61. The van der Waals surface area contributed by atoms with Crippen molar-refractivity contribution in [1.29, 1.82) is 0 Å². The van der Waals surface area contributed by atoms with Crippen LogP contribution in [0.3, 0.4) is 0 Å².